The molecule has 0 aromatic carbocycles. The van der Waals surface area contributed by atoms with E-state index in [9.17, 15) is 0 Å². The molecule has 1 aliphatic heterocycles. The van der Waals surface area contributed by atoms with Crippen molar-refractivity contribution in [3.8, 4) is 5.75 Å². The summed E-state index contributed by atoms with van der Waals surface area (Å²) < 4.78 is 5.56. The van der Waals surface area contributed by atoms with Gasteiger partial charge in [0.25, 0.3) is 0 Å². The Morgan fingerprint density at radius 2 is 2.13 bits per heavy atom. The summed E-state index contributed by atoms with van der Waals surface area (Å²) in [6.45, 7) is 2.54. The largest absolute Gasteiger partial charge is 0.488 e. The maximum atomic E-state index is 5.79. The van der Waals surface area contributed by atoms with Gasteiger partial charge in [-0.15, -0.1) is 24.8 Å². The third-order valence-electron chi connectivity index (χ3n) is 2.34. The number of rotatable bonds is 1. The van der Waals surface area contributed by atoms with E-state index >= 15 is 0 Å². The van der Waals surface area contributed by atoms with Crippen LogP contribution in [0.5, 0.6) is 5.75 Å². The van der Waals surface area contributed by atoms with Crippen LogP contribution in [0.1, 0.15) is 18.5 Å². The molecule has 0 fully saturated rings. The molecule has 0 bridgehead atoms. The van der Waals surface area contributed by atoms with Gasteiger partial charge < -0.3 is 10.5 Å². The van der Waals surface area contributed by atoms with E-state index in [1.54, 1.807) is 6.07 Å². The van der Waals surface area contributed by atoms with Crippen LogP contribution in [0.3, 0.4) is 0 Å². The van der Waals surface area contributed by atoms with Crippen LogP contribution in [-0.4, -0.2) is 17.6 Å². The summed E-state index contributed by atoms with van der Waals surface area (Å²) in [6.07, 6.45) is 0.103. The lowest BCUT2D eigenvalue weighted by Gasteiger charge is -2.10. The van der Waals surface area contributed by atoms with Gasteiger partial charge in [0.15, 0.2) is 0 Å². The van der Waals surface area contributed by atoms with Gasteiger partial charge in [-0.1, -0.05) is 11.6 Å². The highest BCUT2D eigenvalue weighted by molar-refractivity contribution is 6.29. The number of halogens is 3. The van der Waals surface area contributed by atoms with Crippen molar-refractivity contribution < 1.29 is 4.74 Å². The van der Waals surface area contributed by atoms with Crippen LogP contribution in [0.25, 0.3) is 0 Å². The van der Waals surface area contributed by atoms with E-state index in [2.05, 4.69) is 4.98 Å². The molecule has 2 rings (SSSR count). The summed E-state index contributed by atoms with van der Waals surface area (Å²) in [5.41, 5.74) is 6.52. The van der Waals surface area contributed by atoms with Crippen LogP contribution >= 0.6 is 36.4 Å². The average Bonchev–Trinajstić information content (AvgIpc) is 2.40. The third kappa shape index (κ3) is 2.67. The summed E-state index contributed by atoms with van der Waals surface area (Å²) in [5.74, 6) is 0.987. The number of nitrogens with zero attached hydrogens (tertiary/aromatic N) is 1. The Labute approximate surface area is 106 Å². The van der Waals surface area contributed by atoms with E-state index in [1.165, 1.54) is 0 Å². The Bertz CT molecular complexity index is 335. The van der Waals surface area contributed by atoms with Gasteiger partial charge in [0.2, 0.25) is 0 Å². The fraction of sp³-hybridized carbons (Fsp3) is 0.444. The fourth-order valence-electron chi connectivity index (χ4n) is 1.61. The highest BCUT2D eigenvalue weighted by Crippen LogP contribution is 2.36. The zero-order valence-corrected chi connectivity index (χ0v) is 10.5. The average molecular weight is 272 g/mol. The molecule has 2 atom stereocenters. The van der Waals surface area contributed by atoms with E-state index in [0.29, 0.717) is 11.7 Å². The molecule has 0 saturated heterocycles. The molecular formula is C9H13Cl3N2O. The minimum absolute atomic E-state index is 0. The van der Waals surface area contributed by atoms with Crippen LogP contribution in [0.15, 0.2) is 12.1 Å². The maximum Gasteiger partial charge on any atom is 0.141 e. The fourth-order valence-corrected chi connectivity index (χ4v) is 1.76. The third-order valence-corrected chi connectivity index (χ3v) is 2.55. The van der Waals surface area contributed by atoms with Crippen LogP contribution < -0.4 is 10.5 Å². The first kappa shape index (κ1) is 14.8. The van der Waals surface area contributed by atoms with Crippen molar-refractivity contribution in [2.75, 3.05) is 6.54 Å². The van der Waals surface area contributed by atoms with Gasteiger partial charge in [0, 0.05) is 6.54 Å². The van der Waals surface area contributed by atoms with Gasteiger partial charge in [-0.2, -0.15) is 0 Å². The number of nitrogens with two attached hydrogens (primary N) is 1. The number of aromatic nitrogens is 1. The molecule has 15 heavy (non-hydrogen) atoms. The number of hydrogen-bond donors (Lipinski definition) is 1. The van der Waals surface area contributed by atoms with Gasteiger partial charge in [-0.25, -0.2) is 4.98 Å². The normalized spacial score (nSPS) is 22.1. The summed E-state index contributed by atoms with van der Waals surface area (Å²) in [7, 11) is 0. The zero-order chi connectivity index (χ0) is 9.42. The number of pyridine rings is 1. The minimum atomic E-state index is 0. The van der Waals surface area contributed by atoms with Crippen molar-refractivity contribution in [1.29, 1.82) is 0 Å². The minimum Gasteiger partial charge on any atom is -0.488 e. The zero-order valence-electron chi connectivity index (χ0n) is 8.14. The standard InChI is InChI=1S/C9H11ClN2O.2ClH/c1-5-6(4-11)9-7(13-5)2-3-8(10)12-9;;/h2-3,5-6H,4,11H2,1H3;2*1H/t5-,6-;;/m1../s1. The van der Waals surface area contributed by atoms with Crippen LogP contribution in [0, 0.1) is 0 Å². The predicted octanol–water partition coefficient (Wildman–Crippen LogP) is 2.40. The Balaban J connectivity index is 0.000000980. The van der Waals surface area contributed by atoms with Gasteiger partial charge >= 0.3 is 0 Å². The van der Waals surface area contributed by atoms with E-state index in [4.69, 9.17) is 22.1 Å². The van der Waals surface area contributed by atoms with Gasteiger partial charge in [0.1, 0.15) is 17.0 Å². The molecule has 6 heteroatoms. The van der Waals surface area contributed by atoms with Crippen molar-refractivity contribution in [1.82, 2.24) is 4.98 Å². The predicted molar refractivity (Wildman–Crippen MR) is 65.6 cm³/mol. The highest BCUT2D eigenvalue weighted by Gasteiger charge is 2.31. The lowest BCUT2D eigenvalue weighted by molar-refractivity contribution is 0.228. The Hall–Kier alpha value is -0.220. The highest BCUT2D eigenvalue weighted by atomic mass is 35.5. The van der Waals surface area contributed by atoms with Gasteiger partial charge in [-0.3, -0.25) is 0 Å². The van der Waals surface area contributed by atoms with Crippen molar-refractivity contribution in [3.63, 3.8) is 0 Å². The monoisotopic (exact) mass is 270 g/mol. The summed E-state index contributed by atoms with van der Waals surface area (Å²) in [4.78, 5) is 4.22. The van der Waals surface area contributed by atoms with Gasteiger partial charge in [-0.05, 0) is 19.1 Å². The molecule has 86 valence electrons. The van der Waals surface area contributed by atoms with E-state index in [0.717, 1.165) is 11.4 Å². The Morgan fingerprint density at radius 1 is 1.47 bits per heavy atom. The molecule has 0 saturated carbocycles. The first-order valence-electron chi connectivity index (χ1n) is 4.25. The topological polar surface area (TPSA) is 48.1 Å². The second-order valence-electron chi connectivity index (χ2n) is 3.18. The molecule has 2 heterocycles. The van der Waals surface area contributed by atoms with Crippen molar-refractivity contribution in [3.05, 3.63) is 23.0 Å². The van der Waals surface area contributed by atoms with Crippen LogP contribution in [0.2, 0.25) is 5.15 Å². The van der Waals surface area contributed by atoms with Crippen LogP contribution in [-0.2, 0) is 0 Å². The lowest BCUT2D eigenvalue weighted by Crippen LogP contribution is -2.22. The van der Waals surface area contributed by atoms with Crippen molar-refractivity contribution >= 4 is 36.4 Å². The SMILES string of the molecule is C[C@H]1Oc2ccc(Cl)nc2[C@@H]1CN.Cl.Cl. The molecule has 0 radical (unpaired) electrons. The molecule has 2 N–H and O–H groups in total. The van der Waals surface area contributed by atoms with Crippen LogP contribution in [0.4, 0.5) is 0 Å². The summed E-state index contributed by atoms with van der Waals surface area (Å²) in [6, 6.07) is 3.57. The molecular weight excluding hydrogens is 258 g/mol. The van der Waals surface area contributed by atoms with E-state index < -0.39 is 0 Å². The number of fused-ring (bicyclic) bond motifs is 1. The molecule has 1 aliphatic rings. The lowest BCUT2D eigenvalue weighted by atomic mass is 10.0. The number of ether oxygens (including phenoxy) is 1. The van der Waals surface area contributed by atoms with Crippen molar-refractivity contribution in [2.24, 2.45) is 5.73 Å². The molecule has 0 aliphatic carbocycles. The Morgan fingerprint density at radius 3 is 2.73 bits per heavy atom. The summed E-state index contributed by atoms with van der Waals surface area (Å²) in [5, 5.41) is 0.495. The molecule has 3 nitrogen and oxygen atoms in total. The molecule has 1 aromatic rings. The molecule has 1 aromatic heterocycles. The van der Waals surface area contributed by atoms with Gasteiger partial charge in [0.05, 0.1) is 11.6 Å². The second-order valence-corrected chi connectivity index (χ2v) is 3.57. The molecule has 0 amide bonds. The number of hydrogen-bond acceptors (Lipinski definition) is 3. The van der Waals surface area contributed by atoms with Crippen molar-refractivity contribution in [2.45, 2.75) is 18.9 Å². The first-order valence-corrected chi connectivity index (χ1v) is 4.63. The smallest absolute Gasteiger partial charge is 0.141 e. The Kier molecular flexibility index (Phi) is 5.67. The van der Waals surface area contributed by atoms with E-state index in [1.807, 2.05) is 13.0 Å². The maximum absolute atomic E-state index is 5.79. The van der Waals surface area contributed by atoms with E-state index in [-0.39, 0.29) is 36.8 Å². The quantitative estimate of drug-likeness (QED) is 0.798. The summed E-state index contributed by atoms with van der Waals surface area (Å²) >= 11 is 5.79. The first-order chi connectivity index (χ1) is 6.22. The second kappa shape index (κ2) is 5.75. The molecule has 0 spiro atoms. The molecule has 0 unspecified atom stereocenters.